The zero-order valence-electron chi connectivity index (χ0n) is 11.1. The van der Waals surface area contributed by atoms with E-state index in [1.807, 2.05) is 6.92 Å². The van der Waals surface area contributed by atoms with E-state index in [1.165, 1.54) is 6.07 Å². The summed E-state index contributed by atoms with van der Waals surface area (Å²) in [5.41, 5.74) is 0.432. The number of nitrogens with zero attached hydrogens (tertiary/aromatic N) is 1. The van der Waals surface area contributed by atoms with Gasteiger partial charge in [-0.3, -0.25) is 4.72 Å². The summed E-state index contributed by atoms with van der Waals surface area (Å²) in [6, 6.07) is 7.92. The molecule has 0 aliphatic rings. The topological polar surface area (TPSA) is 71.1 Å². The van der Waals surface area contributed by atoms with Gasteiger partial charge in [0, 0.05) is 27.9 Å². The Balaban J connectivity index is 2.39. The molecule has 1 aromatic heterocycles. The molecule has 2 rings (SSSR count). The molecule has 1 heterocycles. The third kappa shape index (κ3) is 4.09. The highest BCUT2D eigenvalue weighted by molar-refractivity contribution is 9.10. The molecule has 0 amide bonds. The maximum absolute atomic E-state index is 12.5. The van der Waals surface area contributed by atoms with Crippen molar-refractivity contribution < 1.29 is 8.42 Å². The summed E-state index contributed by atoms with van der Waals surface area (Å²) >= 11 is 9.02. The molecule has 0 radical (unpaired) electrons. The smallest absolute Gasteiger partial charge is 0.265 e. The van der Waals surface area contributed by atoms with Gasteiger partial charge in [-0.05, 0) is 53.2 Å². The van der Waals surface area contributed by atoms with Crippen molar-refractivity contribution in [3.05, 3.63) is 46.0 Å². The minimum absolute atomic E-state index is 0.0775. The van der Waals surface area contributed by atoms with E-state index in [4.69, 9.17) is 11.6 Å². The van der Waals surface area contributed by atoms with Crippen molar-refractivity contribution in [1.29, 1.82) is 0 Å². The molecule has 0 spiro atoms. The van der Waals surface area contributed by atoms with Crippen LogP contribution < -0.4 is 10.0 Å². The second kappa shape index (κ2) is 6.64. The molecule has 8 heteroatoms. The first-order valence-electron chi connectivity index (χ1n) is 6.10. The van der Waals surface area contributed by atoms with Gasteiger partial charge in [0.1, 0.15) is 10.7 Å². The zero-order valence-corrected chi connectivity index (χ0v) is 14.3. The van der Waals surface area contributed by atoms with Crippen molar-refractivity contribution in [2.45, 2.75) is 11.8 Å². The van der Waals surface area contributed by atoms with Crippen LogP contribution in [0, 0.1) is 0 Å². The van der Waals surface area contributed by atoms with Crippen LogP contribution in [0.4, 0.5) is 11.5 Å². The van der Waals surface area contributed by atoms with Crippen LogP contribution in [0.5, 0.6) is 0 Å². The number of halogens is 2. The Hall–Kier alpha value is -1.31. The highest BCUT2D eigenvalue weighted by Gasteiger charge is 2.20. The van der Waals surface area contributed by atoms with Crippen LogP contribution in [0.2, 0.25) is 5.02 Å². The largest absolute Gasteiger partial charge is 0.369 e. The minimum Gasteiger partial charge on any atom is -0.369 e. The van der Waals surface area contributed by atoms with Gasteiger partial charge in [0.25, 0.3) is 10.0 Å². The Kier molecular flexibility index (Phi) is 5.08. The molecule has 0 atom stereocenters. The molecule has 0 fully saturated rings. The lowest BCUT2D eigenvalue weighted by Gasteiger charge is -2.12. The summed E-state index contributed by atoms with van der Waals surface area (Å²) in [6.07, 6.45) is 1.54. The number of nitrogens with one attached hydrogen (secondary N) is 2. The lowest BCUT2D eigenvalue weighted by atomic mass is 10.3. The van der Waals surface area contributed by atoms with Gasteiger partial charge in [-0.25, -0.2) is 13.4 Å². The molecule has 0 aliphatic heterocycles. The first kappa shape index (κ1) is 16.1. The SMILES string of the molecule is CCNc1ncc(Br)cc1S(=O)(=O)Nc1ccc(Cl)cc1. The van der Waals surface area contributed by atoms with Gasteiger partial charge >= 0.3 is 0 Å². The maximum Gasteiger partial charge on any atom is 0.265 e. The van der Waals surface area contributed by atoms with Crippen LogP contribution in [0.15, 0.2) is 45.9 Å². The van der Waals surface area contributed by atoms with E-state index in [0.29, 0.717) is 27.5 Å². The van der Waals surface area contributed by atoms with Crippen molar-refractivity contribution in [2.75, 3.05) is 16.6 Å². The van der Waals surface area contributed by atoms with Crippen LogP contribution in [0.3, 0.4) is 0 Å². The fourth-order valence-electron chi connectivity index (χ4n) is 1.65. The van der Waals surface area contributed by atoms with Crippen LogP contribution >= 0.6 is 27.5 Å². The Labute approximate surface area is 136 Å². The van der Waals surface area contributed by atoms with Crippen LogP contribution in [-0.2, 0) is 10.0 Å². The summed E-state index contributed by atoms with van der Waals surface area (Å²) in [5.74, 6) is 0.308. The summed E-state index contributed by atoms with van der Waals surface area (Å²) in [5, 5.41) is 3.47. The van der Waals surface area contributed by atoms with Crippen molar-refractivity contribution in [2.24, 2.45) is 0 Å². The summed E-state index contributed by atoms with van der Waals surface area (Å²) in [6.45, 7) is 2.44. The fourth-order valence-corrected chi connectivity index (χ4v) is 3.48. The third-order valence-electron chi connectivity index (χ3n) is 2.55. The van der Waals surface area contributed by atoms with E-state index in [0.717, 1.165) is 0 Å². The predicted octanol–water partition coefficient (Wildman–Crippen LogP) is 3.73. The van der Waals surface area contributed by atoms with Crippen molar-refractivity contribution >= 4 is 49.1 Å². The molecule has 0 unspecified atom stereocenters. The van der Waals surface area contributed by atoms with Crippen molar-refractivity contribution in [3.63, 3.8) is 0 Å². The van der Waals surface area contributed by atoms with Crippen LogP contribution in [0.25, 0.3) is 0 Å². The Morgan fingerprint density at radius 3 is 2.57 bits per heavy atom. The van der Waals surface area contributed by atoms with Crippen molar-refractivity contribution in [3.8, 4) is 0 Å². The first-order chi connectivity index (χ1) is 9.92. The number of rotatable bonds is 5. The van der Waals surface area contributed by atoms with Gasteiger partial charge in [-0.15, -0.1) is 0 Å². The molecule has 2 aromatic rings. The molecular formula is C13H13BrClN3O2S. The first-order valence-corrected chi connectivity index (χ1v) is 8.75. The highest BCUT2D eigenvalue weighted by Crippen LogP contribution is 2.25. The van der Waals surface area contributed by atoms with Gasteiger partial charge in [0.2, 0.25) is 0 Å². The Morgan fingerprint density at radius 1 is 1.29 bits per heavy atom. The second-order valence-corrected chi connectivity index (χ2v) is 7.15. The number of sulfonamides is 1. The number of anilines is 2. The maximum atomic E-state index is 12.5. The number of hydrogen-bond acceptors (Lipinski definition) is 4. The average Bonchev–Trinajstić information content (AvgIpc) is 2.43. The number of aromatic nitrogens is 1. The average molecular weight is 391 g/mol. The molecule has 1 aromatic carbocycles. The lowest BCUT2D eigenvalue weighted by Crippen LogP contribution is -2.16. The van der Waals surface area contributed by atoms with E-state index >= 15 is 0 Å². The zero-order chi connectivity index (χ0) is 15.5. The standard InChI is InChI=1S/C13H13BrClN3O2S/c1-2-16-13-12(7-9(14)8-17-13)21(19,20)18-11-5-3-10(15)4-6-11/h3-8,18H,2H2,1H3,(H,16,17). The Morgan fingerprint density at radius 2 is 1.95 bits per heavy atom. The van der Waals surface area contributed by atoms with Gasteiger partial charge in [-0.2, -0.15) is 0 Å². The fraction of sp³-hybridized carbons (Fsp3) is 0.154. The quantitative estimate of drug-likeness (QED) is 0.816. The van der Waals surface area contributed by atoms with E-state index < -0.39 is 10.0 Å². The molecule has 0 bridgehead atoms. The van der Waals surface area contributed by atoms with E-state index in [-0.39, 0.29) is 4.90 Å². The van der Waals surface area contributed by atoms with Crippen LogP contribution in [-0.4, -0.2) is 19.9 Å². The lowest BCUT2D eigenvalue weighted by molar-refractivity contribution is 0.601. The van der Waals surface area contributed by atoms with Crippen LogP contribution in [0.1, 0.15) is 6.92 Å². The monoisotopic (exact) mass is 389 g/mol. The van der Waals surface area contributed by atoms with Gasteiger partial charge in [0.05, 0.1) is 0 Å². The molecule has 0 saturated heterocycles. The summed E-state index contributed by atoms with van der Waals surface area (Å²) in [4.78, 5) is 4.17. The van der Waals surface area contributed by atoms with Gasteiger partial charge in [0.15, 0.2) is 0 Å². The molecule has 2 N–H and O–H groups in total. The van der Waals surface area contributed by atoms with E-state index in [2.05, 4.69) is 31.0 Å². The molecule has 0 saturated carbocycles. The van der Waals surface area contributed by atoms with Crippen molar-refractivity contribution in [1.82, 2.24) is 4.98 Å². The van der Waals surface area contributed by atoms with Gasteiger partial charge in [-0.1, -0.05) is 11.6 Å². The second-order valence-electron chi connectivity index (χ2n) is 4.14. The molecule has 21 heavy (non-hydrogen) atoms. The molecule has 112 valence electrons. The number of hydrogen-bond donors (Lipinski definition) is 2. The van der Waals surface area contributed by atoms with E-state index in [1.54, 1.807) is 30.5 Å². The Bertz CT molecular complexity index is 736. The molecule has 5 nitrogen and oxygen atoms in total. The number of pyridine rings is 1. The third-order valence-corrected chi connectivity index (χ3v) is 4.63. The highest BCUT2D eigenvalue weighted by atomic mass is 79.9. The van der Waals surface area contributed by atoms with Gasteiger partial charge < -0.3 is 5.32 Å². The molecule has 0 aliphatic carbocycles. The molecular weight excluding hydrogens is 378 g/mol. The minimum atomic E-state index is -3.75. The van der Waals surface area contributed by atoms with E-state index in [9.17, 15) is 8.42 Å². The number of benzene rings is 1. The predicted molar refractivity (Wildman–Crippen MR) is 88.4 cm³/mol. The normalized spacial score (nSPS) is 11.2. The summed E-state index contributed by atoms with van der Waals surface area (Å²) in [7, 11) is -3.75. The summed E-state index contributed by atoms with van der Waals surface area (Å²) < 4.78 is 28.1.